The van der Waals surface area contributed by atoms with E-state index in [4.69, 9.17) is 0 Å². The third-order valence-electron chi connectivity index (χ3n) is 6.76. The van der Waals surface area contributed by atoms with E-state index in [0.717, 1.165) is 31.0 Å². The highest BCUT2D eigenvalue weighted by Gasteiger charge is 2.42. The fraction of sp³-hybridized carbons (Fsp3) is 0.682. The van der Waals surface area contributed by atoms with Gasteiger partial charge in [-0.05, 0) is 56.6 Å². The second kappa shape index (κ2) is 7.99. The standard InChI is InChI=1S/C22H33N3O/c1-2-16-8-3-6-13-21(16)24-22(26)23-17-14-19-11-7-12-20(15-17)25(19)18-9-4-5-10-18/h3,6,8,13,17-20H,2,4-5,7,9-12,14-15H2,1H3,(H2,23,24,26)/t17?,19-,20+. The number of nitrogens with one attached hydrogen (secondary N) is 2. The molecule has 1 saturated carbocycles. The largest absolute Gasteiger partial charge is 0.335 e. The van der Waals surface area contributed by atoms with E-state index in [1.165, 1.54) is 50.5 Å². The van der Waals surface area contributed by atoms with Crippen molar-refractivity contribution in [1.82, 2.24) is 10.2 Å². The monoisotopic (exact) mass is 355 g/mol. The number of fused-ring (bicyclic) bond motifs is 2. The molecule has 1 unspecified atom stereocenters. The molecule has 4 heteroatoms. The van der Waals surface area contributed by atoms with Crippen LogP contribution in [0.2, 0.25) is 0 Å². The number of anilines is 1. The van der Waals surface area contributed by atoms with Crippen LogP contribution < -0.4 is 10.6 Å². The van der Waals surface area contributed by atoms with Crippen LogP contribution in [0.25, 0.3) is 0 Å². The van der Waals surface area contributed by atoms with Crippen molar-refractivity contribution in [1.29, 1.82) is 0 Å². The van der Waals surface area contributed by atoms with Gasteiger partial charge in [-0.25, -0.2) is 4.79 Å². The molecule has 2 amide bonds. The first kappa shape index (κ1) is 17.8. The quantitative estimate of drug-likeness (QED) is 0.822. The van der Waals surface area contributed by atoms with Crippen molar-refractivity contribution in [3.8, 4) is 0 Å². The van der Waals surface area contributed by atoms with E-state index in [-0.39, 0.29) is 6.03 Å². The topological polar surface area (TPSA) is 44.4 Å². The highest BCUT2D eigenvalue weighted by molar-refractivity contribution is 5.90. The molecule has 2 bridgehead atoms. The van der Waals surface area contributed by atoms with Crippen LogP contribution in [-0.4, -0.2) is 35.1 Å². The summed E-state index contributed by atoms with van der Waals surface area (Å²) in [4.78, 5) is 15.4. The number of piperidine rings is 2. The Labute approximate surface area is 157 Å². The van der Waals surface area contributed by atoms with Gasteiger partial charge in [0.2, 0.25) is 0 Å². The van der Waals surface area contributed by atoms with Crippen LogP contribution in [-0.2, 0) is 6.42 Å². The molecular formula is C22H33N3O. The summed E-state index contributed by atoms with van der Waals surface area (Å²) in [5, 5.41) is 6.36. The zero-order valence-corrected chi connectivity index (χ0v) is 16.0. The molecule has 2 N–H and O–H groups in total. The summed E-state index contributed by atoms with van der Waals surface area (Å²) in [5.74, 6) is 0. The van der Waals surface area contributed by atoms with Crippen LogP contribution in [0.1, 0.15) is 70.3 Å². The molecular weight excluding hydrogens is 322 g/mol. The normalized spacial score (nSPS) is 29.5. The average Bonchev–Trinajstić information content (AvgIpc) is 3.15. The van der Waals surface area contributed by atoms with E-state index in [1.807, 2.05) is 18.2 Å². The first-order chi connectivity index (χ1) is 12.7. The molecule has 142 valence electrons. The van der Waals surface area contributed by atoms with E-state index in [2.05, 4.69) is 28.5 Å². The summed E-state index contributed by atoms with van der Waals surface area (Å²) >= 11 is 0. The van der Waals surface area contributed by atoms with E-state index in [9.17, 15) is 4.79 Å². The maximum absolute atomic E-state index is 12.6. The third-order valence-corrected chi connectivity index (χ3v) is 6.76. The molecule has 4 rings (SSSR count). The number of benzene rings is 1. The Morgan fingerprint density at radius 2 is 1.65 bits per heavy atom. The van der Waals surface area contributed by atoms with Crippen LogP contribution in [0.15, 0.2) is 24.3 Å². The number of carbonyl (C=O) groups excluding carboxylic acids is 1. The molecule has 3 fully saturated rings. The maximum Gasteiger partial charge on any atom is 0.319 e. The molecule has 0 radical (unpaired) electrons. The van der Waals surface area contributed by atoms with Gasteiger partial charge in [0.1, 0.15) is 0 Å². The third kappa shape index (κ3) is 3.75. The predicted molar refractivity (Wildman–Crippen MR) is 107 cm³/mol. The lowest BCUT2D eigenvalue weighted by Crippen LogP contribution is -2.59. The van der Waals surface area contributed by atoms with Gasteiger partial charge in [-0.3, -0.25) is 4.90 Å². The predicted octanol–water partition coefficient (Wildman–Crippen LogP) is 4.70. The fourth-order valence-corrected chi connectivity index (χ4v) is 5.63. The summed E-state index contributed by atoms with van der Waals surface area (Å²) < 4.78 is 0. The molecule has 3 atom stereocenters. The van der Waals surface area contributed by atoms with Crippen LogP contribution in [0.3, 0.4) is 0 Å². The molecule has 1 aliphatic carbocycles. The number of urea groups is 1. The van der Waals surface area contributed by atoms with Gasteiger partial charge >= 0.3 is 6.03 Å². The van der Waals surface area contributed by atoms with Gasteiger partial charge in [0.05, 0.1) is 0 Å². The van der Waals surface area contributed by atoms with E-state index < -0.39 is 0 Å². The van der Waals surface area contributed by atoms with Crippen molar-refractivity contribution in [3.05, 3.63) is 29.8 Å². The van der Waals surface area contributed by atoms with Gasteiger partial charge in [-0.2, -0.15) is 0 Å². The van der Waals surface area contributed by atoms with Crippen molar-refractivity contribution in [3.63, 3.8) is 0 Å². The Balaban J connectivity index is 1.36. The average molecular weight is 356 g/mol. The Bertz CT molecular complexity index is 612. The van der Waals surface area contributed by atoms with E-state index >= 15 is 0 Å². The smallest absolute Gasteiger partial charge is 0.319 e. The number of carbonyl (C=O) groups is 1. The summed E-state index contributed by atoms with van der Waals surface area (Å²) in [6.07, 6.45) is 12.7. The lowest BCUT2D eigenvalue weighted by atomic mass is 9.80. The number of para-hydroxylation sites is 1. The van der Waals surface area contributed by atoms with Gasteiger partial charge in [-0.15, -0.1) is 0 Å². The Morgan fingerprint density at radius 3 is 2.35 bits per heavy atom. The number of hydrogen-bond acceptors (Lipinski definition) is 2. The van der Waals surface area contributed by atoms with Gasteiger partial charge in [0.25, 0.3) is 0 Å². The van der Waals surface area contributed by atoms with Crippen molar-refractivity contribution < 1.29 is 4.79 Å². The number of amides is 2. The van der Waals surface area contributed by atoms with Gasteiger partial charge in [0, 0.05) is 29.9 Å². The van der Waals surface area contributed by atoms with Gasteiger partial charge < -0.3 is 10.6 Å². The van der Waals surface area contributed by atoms with Crippen molar-refractivity contribution in [2.24, 2.45) is 0 Å². The highest BCUT2D eigenvalue weighted by Crippen LogP contribution is 2.39. The SMILES string of the molecule is CCc1ccccc1NC(=O)NC1C[C@H]2CCC[C@@H](C1)N2C1CCCC1. The molecule has 3 aliphatic rings. The van der Waals surface area contributed by atoms with Crippen molar-refractivity contribution in [2.45, 2.75) is 95.3 Å². The molecule has 1 aromatic carbocycles. The maximum atomic E-state index is 12.6. The van der Waals surface area contributed by atoms with Crippen LogP contribution in [0.5, 0.6) is 0 Å². The Morgan fingerprint density at radius 1 is 1.00 bits per heavy atom. The second-order valence-corrected chi connectivity index (χ2v) is 8.40. The molecule has 2 heterocycles. The fourth-order valence-electron chi connectivity index (χ4n) is 5.63. The van der Waals surface area contributed by atoms with Crippen LogP contribution in [0.4, 0.5) is 10.5 Å². The van der Waals surface area contributed by atoms with E-state index in [1.54, 1.807) is 0 Å². The van der Waals surface area contributed by atoms with Crippen LogP contribution >= 0.6 is 0 Å². The summed E-state index contributed by atoms with van der Waals surface area (Å²) in [7, 11) is 0. The summed E-state index contributed by atoms with van der Waals surface area (Å²) in [6, 6.07) is 10.5. The number of aryl methyl sites for hydroxylation is 1. The minimum atomic E-state index is -0.0386. The molecule has 1 aromatic rings. The zero-order chi connectivity index (χ0) is 17.9. The highest BCUT2D eigenvalue weighted by atomic mass is 16.2. The first-order valence-corrected chi connectivity index (χ1v) is 10.7. The van der Waals surface area contributed by atoms with Crippen molar-refractivity contribution in [2.75, 3.05) is 5.32 Å². The number of nitrogens with zero attached hydrogens (tertiary/aromatic N) is 1. The molecule has 2 saturated heterocycles. The van der Waals surface area contributed by atoms with Crippen LogP contribution in [0, 0.1) is 0 Å². The number of hydrogen-bond donors (Lipinski definition) is 2. The lowest BCUT2D eigenvalue weighted by Gasteiger charge is -2.51. The molecule has 26 heavy (non-hydrogen) atoms. The lowest BCUT2D eigenvalue weighted by molar-refractivity contribution is -0.00680. The zero-order valence-electron chi connectivity index (χ0n) is 16.0. The first-order valence-electron chi connectivity index (χ1n) is 10.7. The van der Waals surface area contributed by atoms with Crippen molar-refractivity contribution >= 4 is 11.7 Å². The molecule has 2 aliphatic heterocycles. The molecule has 0 spiro atoms. The summed E-state index contributed by atoms with van der Waals surface area (Å²) in [6.45, 7) is 2.12. The minimum Gasteiger partial charge on any atom is -0.335 e. The van der Waals surface area contributed by atoms with E-state index in [0.29, 0.717) is 18.1 Å². The molecule has 4 nitrogen and oxygen atoms in total. The Hall–Kier alpha value is -1.55. The minimum absolute atomic E-state index is 0.0386. The Kier molecular flexibility index (Phi) is 5.49. The second-order valence-electron chi connectivity index (χ2n) is 8.40. The molecule has 0 aromatic heterocycles. The summed E-state index contributed by atoms with van der Waals surface area (Å²) in [5.41, 5.74) is 2.13. The number of rotatable bonds is 4. The van der Waals surface area contributed by atoms with Gasteiger partial charge in [0.15, 0.2) is 0 Å². The van der Waals surface area contributed by atoms with Gasteiger partial charge in [-0.1, -0.05) is 44.4 Å².